The predicted molar refractivity (Wildman–Crippen MR) is 81.5 cm³/mol. The van der Waals surface area contributed by atoms with Crippen LogP contribution in [0.3, 0.4) is 0 Å². The summed E-state index contributed by atoms with van der Waals surface area (Å²) < 4.78 is 10.5. The second-order valence-electron chi connectivity index (χ2n) is 5.15. The number of carbonyl (C=O) groups is 1. The minimum Gasteiger partial charge on any atom is -0.493 e. The van der Waals surface area contributed by atoms with Crippen molar-refractivity contribution in [3.8, 4) is 11.5 Å². The standard InChI is InChI=1S/C16H22N2O3/c1-11(18-16(19)17-9-8-12-4-5-12)13-6-7-14(20-2)15(10-13)21-3/h6-12H,4-5H2,1-3H3,(H2,17,18,19)/b9-8+. The van der Waals surface area contributed by atoms with Crippen molar-refractivity contribution in [3.63, 3.8) is 0 Å². The Morgan fingerprint density at radius 2 is 2.00 bits per heavy atom. The number of allylic oxidation sites excluding steroid dienone is 1. The molecule has 1 aliphatic carbocycles. The summed E-state index contributed by atoms with van der Waals surface area (Å²) in [6, 6.07) is 5.27. The lowest BCUT2D eigenvalue weighted by Crippen LogP contribution is -2.34. The number of amides is 2. The molecule has 1 fully saturated rings. The summed E-state index contributed by atoms with van der Waals surface area (Å²) in [5.41, 5.74) is 0.953. The van der Waals surface area contributed by atoms with Crippen molar-refractivity contribution >= 4 is 6.03 Å². The predicted octanol–water partition coefficient (Wildman–Crippen LogP) is 2.99. The average Bonchev–Trinajstić information content (AvgIpc) is 3.30. The van der Waals surface area contributed by atoms with Gasteiger partial charge in [-0.1, -0.05) is 12.1 Å². The first-order valence-electron chi connectivity index (χ1n) is 7.09. The number of benzene rings is 1. The van der Waals surface area contributed by atoms with E-state index in [0.717, 1.165) is 5.56 Å². The van der Waals surface area contributed by atoms with Gasteiger partial charge in [-0.05, 0) is 43.4 Å². The number of urea groups is 1. The van der Waals surface area contributed by atoms with E-state index in [-0.39, 0.29) is 12.1 Å². The van der Waals surface area contributed by atoms with Crippen molar-refractivity contribution in [1.29, 1.82) is 0 Å². The van der Waals surface area contributed by atoms with Crippen LogP contribution in [0, 0.1) is 5.92 Å². The zero-order chi connectivity index (χ0) is 15.2. The van der Waals surface area contributed by atoms with Crippen molar-refractivity contribution in [2.24, 2.45) is 5.92 Å². The van der Waals surface area contributed by atoms with Gasteiger partial charge in [0.25, 0.3) is 0 Å². The lowest BCUT2D eigenvalue weighted by atomic mass is 10.1. The van der Waals surface area contributed by atoms with Crippen molar-refractivity contribution < 1.29 is 14.3 Å². The normalized spacial score (nSPS) is 15.6. The van der Waals surface area contributed by atoms with Crippen LogP contribution in [0.4, 0.5) is 4.79 Å². The topological polar surface area (TPSA) is 59.6 Å². The quantitative estimate of drug-likeness (QED) is 0.846. The number of rotatable bonds is 6. The second-order valence-corrected chi connectivity index (χ2v) is 5.15. The molecule has 0 heterocycles. The van der Waals surface area contributed by atoms with Crippen LogP contribution in [-0.2, 0) is 0 Å². The molecule has 1 aromatic rings. The van der Waals surface area contributed by atoms with Gasteiger partial charge in [0.1, 0.15) is 0 Å². The minimum absolute atomic E-state index is 0.126. The Kier molecular flexibility index (Phi) is 5.09. The monoisotopic (exact) mass is 290 g/mol. The fourth-order valence-corrected chi connectivity index (χ4v) is 1.99. The van der Waals surface area contributed by atoms with Crippen LogP contribution in [0.15, 0.2) is 30.5 Å². The molecule has 0 saturated heterocycles. The van der Waals surface area contributed by atoms with Crippen molar-refractivity contribution in [3.05, 3.63) is 36.0 Å². The summed E-state index contributed by atoms with van der Waals surface area (Å²) in [7, 11) is 3.19. The largest absolute Gasteiger partial charge is 0.493 e. The molecule has 2 N–H and O–H groups in total. The fourth-order valence-electron chi connectivity index (χ4n) is 1.99. The minimum atomic E-state index is -0.214. The number of ether oxygens (including phenoxy) is 2. The Labute approximate surface area is 125 Å². The number of nitrogens with one attached hydrogen (secondary N) is 2. The molecule has 1 unspecified atom stereocenters. The number of hydrogen-bond acceptors (Lipinski definition) is 3. The first kappa shape index (κ1) is 15.2. The Morgan fingerprint density at radius 3 is 2.62 bits per heavy atom. The van der Waals surface area contributed by atoms with Crippen LogP contribution in [0.5, 0.6) is 11.5 Å². The van der Waals surface area contributed by atoms with Gasteiger partial charge in [-0.3, -0.25) is 0 Å². The van der Waals surface area contributed by atoms with Crippen LogP contribution in [0.2, 0.25) is 0 Å². The molecule has 0 aliphatic heterocycles. The van der Waals surface area contributed by atoms with E-state index in [4.69, 9.17) is 9.47 Å². The number of methoxy groups -OCH3 is 2. The fraction of sp³-hybridized carbons (Fsp3) is 0.438. The molecule has 2 rings (SSSR count). The summed E-state index contributed by atoms with van der Waals surface area (Å²) in [6.07, 6.45) is 6.19. The molecule has 2 amide bonds. The van der Waals surface area contributed by atoms with Crippen LogP contribution in [0.25, 0.3) is 0 Å². The van der Waals surface area contributed by atoms with Crippen molar-refractivity contribution in [2.45, 2.75) is 25.8 Å². The zero-order valence-electron chi connectivity index (χ0n) is 12.7. The Hall–Kier alpha value is -2.17. The highest BCUT2D eigenvalue weighted by atomic mass is 16.5. The summed E-state index contributed by atoms with van der Waals surface area (Å²) in [5.74, 6) is 1.97. The molecule has 5 nitrogen and oxygen atoms in total. The van der Waals surface area contributed by atoms with E-state index in [0.29, 0.717) is 17.4 Å². The number of carbonyl (C=O) groups excluding carboxylic acids is 1. The smallest absolute Gasteiger partial charge is 0.319 e. The highest BCUT2D eigenvalue weighted by molar-refractivity contribution is 5.75. The molecule has 1 atom stereocenters. The maximum Gasteiger partial charge on any atom is 0.319 e. The maximum absolute atomic E-state index is 11.8. The number of hydrogen-bond donors (Lipinski definition) is 2. The van der Waals surface area contributed by atoms with Crippen LogP contribution in [0.1, 0.15) is 31.4 Å². The average molecular weight is 290 g/mol. The van der Waals surface area contributed by atoms with Crippen molar-refractivity contribution in [1.82, 2.24) is 10.6 Å². The van der Waals surface area contributed by atoms with Crippen LogP contribution in [-0.4, -0.2) is 20.3 Å². The molecule has 1 aliphatic rings. The molecule has 21 heavy (non-hydrogen) atoms. The molecule has 114 valence electrons. The molecular formula is C16H22N2O3. The third-order valence-corrected chi connectivity index (χ3v) is 3.46. The highest BCUT2D eigenvalue weighted by Crippen LogP contribution is 2.30. The van der Waals surface area contributed by atoms with Crippen LogP contribution >= 0.6 is 0 Å². The van der Waals surface area contributed by atoms with Gasteiger partial charge in [0.15, 0.2) is 11.5 Å². The zero-order valence-corrected chi connectivity index (χ0v) is 12.7. The SMILES string of the molecule is COc1ccc(C(C)NC(=O)N/C=C/C2CC2)cc1OC. The maximum atomic E-state index is 11.8. The molecule has 0 spiro atoms. The van der Waals surface area contributed by atoms with Gasteiger partial charge in [0.2, 0.25) is 0 Å². The van der Waals surface area contributed by atoms with E-state index in [1.807, 2.05) is 31.2 Å². The Balaban J connectivity index is 1.92. The van der Waals surface area contributed by atoms with Gasteiger partial charge in [0.05, 0.1) is 20.3 Å². The van der Waals surface area contributed by atoms with Gasteiger partial charge in [0, 0.05) is 6.20 Å². The molecular weight excluding hydrogens is 268 g/mol. The molecule has 0 aromatic heterocycles. The van der Waals surface area contributed by atoms with Gasteiger partial charge in [-0.2, -0.15) is 0 Å². The molecule has 0 bridgehead atoms. The van der Waals surface area contributed by atoms with E-state index < -0.39 is 0 Å². The molecule has 0 radical (unpaired) electrons. The van der Waals surface area contributed by atoms with Gasteiger partial charge in [-0.15, -0.1) is 0 Å². The van der Waals surface area contributed by atoms with Gasteiger partial charge >= 0.3 is 6.03 Å². The van der Waals surface area contributed by atoms with Crippen LogP contribution < -0.4 is 20.1 Å². The Morgan fingerprint density at radius 1 is 1.29 bits per heavy atom. The molecule has 1 aromatic carbocycles. The molecule has 1 saturated carbocycles. The lowest BCUT2D eigenvalue weighted by Gasteiger charge is -2.16. The summed E-state index contributed by atoms with van der Waals surface area (Å²) in [4.78, 5) is 11.8. The van der Waals surface area contributed by atoms with E-state index >= 15 is 0 Å². The van der Waals surface area contributed by atoms with Crippen molar-refractivity contribution in [2.75, 3.05) is 14.2 Å². The lowest BCUT2D eigenvalue weighted by molar-refractivity contribution is 0.241. The van der Waals surface area contributed by atoms with Gasteiger partial charge < -0.3 is 20.1 Å². The first-order chi connectivity index (χ1) is 10.1. The Bertz CT molecular complexity index is 524. The molecule has 5 heteroatoms. The third kappa shape index (κ3) is 4.41. The summed E-state index contributed by atoms with van der Waals surface area (Å²) in [5, 5.41) is 5.60. The first-order valence-corrected chi connectivity index (χ1v) is 7.09. The van der Waals surface area contributed by atoms with E-state index in [9.17, 15) is 4.79 Å². The summed E-state index contributed by atoms with van der Waals surface area (Å²) in [6.45, 7) is 1.92. The van der Waals surface area contributed by atoms with Gasteiger partial charge in [-0.25, -0.2) is 4.79 Å². The van der Waals surface area contributed by atoms with E-state index in [2.05, 4.69) is 10.6 Å². The third-order valence-electron chi connectivity index (χ3n) is 3.46. The van der Waals surface area contributed by atoms with E-state index in [1.165, 1.54) is 12.8 Å². The highest BCUT2D eigenvalue weighted by Gasteiger charge is 2.17. The summed E-state index contributed by atoms with van der Waals surface area (Å²) >= 11 is 0. The second kappa shape index (κ2) is 7.02. The van der Waals surface area contributed by atoms with E-state index in [1.54, 1.807) is 20.4 Å².